The van der Waals surface area contributed by atoms with E-state index in [-0.39, 0.29) is 11.7 Å². The van der Waals surface area contributed by atoms with Gasteiger partial charge >= 0.3 is 0 Å². The van der Waals surface area contributed by atoms with Crippen molar-refractivity contribution in [2.24, 2.45) is 5.92 Å². The van der Waals surface area contributed by atoms with Gasteiger partial charge in [0.15, 0.2) is 5.78 Å². The van der Waals surface area contributed by atoms with Crippen LogP contribution in [-0.2, 0) is 4.74 Å². The highest BCUT2D eigenvalue weighted by atomic mass is 16.5. The summed E-state index contributed by atoms with van der Waals surface area (Å²) in [7, 11) is 0. The van der Waals surface area contributed by atoms with Gasteiger partial charge in [-0.25, -0.2) is 0 Å². The molecule has 0 bridgehead atoms. The zero-order valence-corrected chi connectivity index (χ0v) is 10.4. The van der Waals surface area contributed by atoms with Crippen LogP contribution in [0, 0.1) is 5.92 Å². The second kappa shape index (κ2) is 7.20. The van der Waals surface area contributed by atoms with Crippen molar-refractivity contribution in [1.82, 2.24) is 0 Å². The summed E-state index contributed by atoms with van der Waals surface area (Å²) in [5, 5.41) is 9.67. The van der Waals surface area contributed by atoms with Gasteiger partial charge < -0.3 is 9.84 Å². The maximum Gasteiger partial charge on any atom is 0.165 e. The van der Waals surface area contributed by atoms with Crippen LogP contribution in [0.25, 0.3) is 0 Å². The summed E-state index contributed by atoms with van der Waals surface area (Å²) in [6.45, 7) is 4.59. The number of aliphatic hydroxyl groups excluding tert-OH is 1. The molecule has 1 aromatic carbocycles. The minimum absolute atomic E-state index is 0.0705. The fraction of sp³-hybridized carbons (Fsp3) is 0.500. The van der Waals surface area contributed by atoms with E-state index in [2.05, 4.69) is 0 Å². The number of rotatable bonds is 7. The highest BCUT2D eigenvalue weighted by molar-refractivity contribution is 5.97. The maximum absolute atomic E-state index is 12.0. The summed E-state index contributed by atoms with van der Waals surface area (Å²) in [6.07, 6.45) is -0.133. The highest BCUT2D eigenvalue weighted by Crippen LogP contribution is 2.14. The SMILES string of the molecule is CCOCC(O)CC(C)C(=O)c1ccccc1. The zero-order valence-electron chi connectivity index (χ0n) is 10.4. The van der Waals surface area contributed by atoms with Gasteiger partial charge in [0.25, 0.3) is 0 Å². The van der Waals surface area contributed by atoms with Gasteiger partial charge in [0, 0.05) is 18.1 Å². The van der Waals surface area contributed by atoms with Crippen molar-refractivity contribution in [1.29, 1.82) is 0 Å². The molecular formula is C14H20O3. The quantitative estimate of drug-likeness (QED) is 0.739. The molecule has 0 saturated carbocycles. The van der Waals surface area contributed by atoms with Crippen LogP contribution in [0.3, 0.4) is 0 Å². The third-order valence-electron chi connectivity index (χ3n) is 2.65. The van der Waals surface area contributed by atoms with Crippen molar-refractivity contribution >= 4 is 5.78 Å². The third kappa shape index (κ3) is 4.67. The fourth-order valence-corrected chi connectivity index (χ4v) is 1.72. The van der Waals surface area contributed by atoms with Gasteiger partial charge in [0.1, 0.15) is 0 Å². The molecule has 0 spiro atoms. The first-order chi connectivity index (χ1) is 8.15. The Labute approximate surface area is 102 Å². The number of aliphatic hydroxyl groups is 1. The Morgan fingerprint density at radius 3 is 2.59 bits per heavy atom. The van der Waals surface area contributed by atoms with Crippen LogP contribution in [0.1, 0.15) is 30.6 Å². The van der Waals surface area contributed by atoms with Gasteiger partial charge in [-0.05, 0) is 13.3 Å². The molecule has 2 unspecified atom stereocenters. The van der Waals surface area contributed by atoms with Crippen LogP contribution < -0.4 is 0 Å². The smallest absolute Gasteiger partial charge is 0.165 e. The van der Waals surface area contributed by atoms with E-state index in [1.165, 1.54) is 0 Å². The second-order valence-corrected chi connectivity index (χ2v) is 4.18. The molecule has 0 fully saturated rings. The molecule has 0 aliphatic rings. The first-order valence-electron chi connectivity index (χ1n) is 6.00. The molecule has 1 N–H and O–H groups in total. The van der Waals surface area contributed by atoms with Gasteiger partial charge in [-0.1, -0.05) is 37.3 Å². The Morgan fingerprint density at radius 2 is 2.00 bits per heavy atom. The first kappa shape index (κ1) is 13.9. The minimum atomic E-state index is -0.572. The number of benzene rings is 1. The van der Waals surface area contributed by atoms with Crippen molar-refractivity contribution in [3.63, 3.8) is 0 Å². The summed E-state index contributed by atoms with van der Waals surface area (Å²) in [6, 6.07) is 9.17. The third-order valence-corrected chi connectivity index (χ3v) is 2.65. The van der Waals surface area contributed by atoms with Crippen molar-refractivity contribution < 1.29 is 14.6 Å². The van der Waals surface area contributed by atoms with Crippen molar-refractivity contribution in [2.45, 2.75) is 26.4 Å². The molecule has 0 aliphatic carbocycles. The van der Waals surface area contributed by atoms with E-state index in [0.29, 0.717) is 25.2 Å². The Bertz CT molecular complexity index is 335. The number of ketones is 1. The molecule has 0 radical (unpaired) electrons. The predicted molar refractivity (Wildman–Crippen MR) is 67.1 cm³/mol. The standard InChI is InChI=1S/C14H20O3/c1-3-17-10-13(15)9-11(2)14(16)12-7-5-4-6-8-12/h4-8,11,13,15H,3,9-10H2,1-2H3. The Morgan fingerprint density at radius 1 is 1.35 bits per heavy atom. The van der Waals surface area contributed by atoms with Crippen LogP contribution in [0.5, 0.6) is 0 Å². The number of carbonyl (C=O) groups is 1. The molecule has 0 aromatic heterocycles. The minimum Gasteiger partial charge on any atom is -0.391 e. The fourth-order valence-electron chi connectivity index (χ4n) is 1.72. The zero-order chi connectivity index (χ0) is 12.7. The summed E-state index contributed by atoms with van der Waals surface area (Å²) in [5.41, 5.74) is 0.698. The second-order valence-electron chi connectivity index (χ2n) is 4.18. The van der Waals surface area contributed by atoms with Crippen LogP contribution in [-0.4, -0.2) is 30.2 Å². The molecule has 0 saturated heterocycles. The van der Waals surface area contributed by atoms with Crippen molar-refractivity contribution in [3.05, 3.63) is 35.9 Å². The monoisotopic (exact) mass is 236 g/mol. The molecule has 3 heteroatoms. The van der Waals surface area contributed by atoms with Gasteiger partial charge in [-0.3, -0.25) is 4.79 Å². The topological polar surface area (TPSA) is 46.5 Å². The molecule has 0 aliphatic heterocycles. The molecule has 17 heavy (non-hydrogen) atoms. The van der Waals surface area contributed by atoms with E-state index in [1.54, 1.807) is 12.1 Å². The maximum atomic E-state index is 12.0. The summed E-state index contributed by atoms with van der Waals surface area (Å²) < 4.78 is 5.12. The molecule has 1 rings (SSSR count). The number of hydrogen-bond acceptors (Lipinski definition) is 3. The van der Waals surface area contributed by atoms with Gasteiger partial charge in [0.2, 0.25) is 0 Å². The first-order valence-corrected chi connectivity index (χ1v) is 6.00. The summed E-state index contributed by atoms with van der Waals surface area (Å²) in [4.78, 5) is 12.0. The molecule has 0 amide bonds. The lowest BCUT2D eigenvalue weighted by Gasteiger charge is -2.15. The molecule has 2 atom stereocenters. The summed E-state index contributed by atoms with van der Waals surface area (Å²) in [5.74, 6) is -0.117. The average molecular weight is 236 g/mol. The molecule has 1 aromatic rings. The van der Waals surface area contributed by atoms with E-state index in [9.17, 15) is 9.90 Å². The van der Waals surface area contributed by atoms with Gasteiger partial charge in [0.05, 0.1) is 12.7 Å². The Kier molecular flexibility index (Phi) is 5.87. The molecule has 0 heterocycles. The van der Waals surface area contributed by atoms with E-state index in [1.807, 2.05) is 32.0 Å². The lowest BCUT2D eigenvalue weighted by molar-refractivity contribution is 0.0300. The van der Waals surface area contributed by atoms with Crippen molar-refractivity contribution in [2.75, 3.05) is 13.2 Å². The summed E-state index contributed by atoms with van der Waals surface area (Å²) >= 11 is 0. The Hall–Kier alpha value is -1.19. The van der Waals surface area contributed by atoms with Gasteiger partial charge in [-0.15, -0.1) is 0 Å². The van der Waals surface area contributed by atoms with Crippen molar-refractivity contribution in [3.8, 4) is 0 Å². The van der Waals surface area contributed by atoms with E-state index >= 15 is 0 Å². The Balaban J connectivity index is 2.47. The number of carbonyl (C=O) groups excluding carboxylic acids is 1. The van der Waals surface area contributed by atoms with Crippen LogP contribution in [0.4, 0.5) is 0 Å². The largest absolute Gasteiger partial charge is 0.391 e. The number of Topliss-reactive ketones (excluding diaryl/α,β-unsaturated/α-hetero) is 1. The van der Waals surface area contributed by atoms with E-state index in [0.717, 1.165) is 0 Å². The number of ether oxygens (including phenoxy) is 1. The number of hydrogen-bond donors (Lipinski definition) is 1. The van der Waals surface area contributed by atoms with Crippen LogP contribution >= 0.6 is 0 Å². The van der Waals surface area contributed by atoms with E-state index < -0.39 is 6.10 Å². The molecule has 94 valence electrons. The van der Waals surface area contributed by atoms with Gasteiger partial charge in [-0.2, -0.15) is 0 Å². The highest BCUT2D eigenvalue weighted by Gasteiger charge is 2.18. The van der Waals surface area contributed by atoms with Crippen LogP contribution in [0.15, 0.2) is 30.3 Å². The lowest BCUT2D eigenvalue weighted by atomic mass is 9.94. The molecule has 3 nitrogen and oxygen atoms in total. The molecular weight excluding hydrogens is 216 g/mol. The van der Waals surface area contributed by atoms with Crippen LogP contribution in [0.2, 0.25) is 0 Å². The normalized spacial score (nSPS) is 14.3. The van der Waals surface area contributed by atoms with E-state index in [4.69, 9.17) is 4.74 Å². The lowest BCUT2D eigenvalue weighted by Crippen LogP contribution is -2.22. The average Bonchev–Trinajstić information content (AvgIpc) is 2.36. The predicted octanol–water partition coefficient (Wildman–Crippen LogP) is 2.29.